The van der Waals surface area contributed by atoms with Gasteiger partial charge in [0.2, 0.25) is 0 Å². The maximum absolute atomic E-state index is 14.6. The molecule has 0 spiro atoms. The summed E-state index contributed by atoms with van der Waals surface area (Å²) in [5.41, 5.74) is 4.48. The summed E-state index contributed by atoms with van der Waals surface area (Å²) in [6.45, 7) is 2.22. The number of aromatic nitrogens is 1. The molecule has 134 valence electrons. The van der Waals surface area contributed by atoms with Crippen molar-refractivity contribution in [1.82, 2.24) is 4.98 Å². The molecule has 0 saturated heterocycles. The Morgan fingerprint density at radius 2 is 1.58 bits per heavy atom. The monoisotopic (exact) mass is 367 g/mol. The predicted octanol–water partition coefficient (Wildman–Crippen LogP) is 7.33. The first-order valence-corrected chi connectivity index (χ1v) is 9.56. The smallest absolute Gasteiger partial charge is 0.131 e. The normalized spacial score (nSPS) is 10.9. The molecule has 3 heteroatoms. The highest BCUT2D eigenvalue weighted by Crippen LogP contribution is 2.28. The fourth-order valence-electron chi connectivity index (χ4n) is 3.08. The molecule has 1 nitrogen and oxygen atoms in total. The lowest BCUT2D eigenvalue weighted by molar-refractivity contribution is 0.632. The van der Waals surface area contributed by atoms with Gasteiger partial charge in [0.1, 0.15) is 11.0 Å². The minimum Gasteiger partial charge on any atom is -0.244 e. The van der Waals surface area contributed by atoms with E-state index in [1.165, 1.54) is 31.2 Å². The van der Waals surface area contributed by atoms with Crippen LogP contribution in [-0.4, -0.2) is 4.98 Å². The van der Waals surface area contributed by atoms with Gasteiger partial charge < -0.3 is 0 Å². The lowest BCUT2D eigenvalue weighted by Gasteiger charge is -2.08. The molecule has 0 amide bonds. The van der Waals surface area contributed by atoms with Gasteiger partial charge in [-0.2, -0.15) is 0 Å². The molecule has 0 bridgehead atoms. The molecule has 0 saturated carbocycles. The van der Waals surface area contributed by atoms with Crippen molar-refractivity contribution >= 4 is 11.6 Å². The Hall–Kier alpha value is -2.19. The van der Waals surface area contributed by atoms with Gasteiger partial charge in [-0.3, -0.25) is 0 Å². The van der Waals surface area contributed by atoms with Crippen LogP contribution in [0.5, 0.6) is 0 Å². The van der Waals surface area contributed by atoms with E-state index >= 15 is 0 Å². The van der Waals surface area contributed by atoms with Crippen molar-refractivity contribution in [2.45, 2.75) is 39.0 Å². The Morgan fingerprint density at radius 1 is 0.846 bits per heavy atom. The highest BCUT2D eigenvalue weighted by atomic mass is 35.5. The van der Waals surface area contributed by atoms with Crippen LogP contribution in [0.3, 0.4) is 0 Å². The maximum atomic E-state index is 14.6. The predicted molar refractivity (Wildman–Crippen MR) is 108 cm³/mol. The zero-order valence-electron chi connectivity index (χ0n) is 15.0. The van der Waals surface area contributed by atoms with Crippen LogP contribution in [0.15, 0.2) is 60.8 Å². The van der Waals surface area contributed by atoms with Crippen molar-refractivity contribution in [2.75, 3.05) is 0 Å². The Balaban J connectivity index is 1.74. The molecule has 3 rings (SSSR count). The minimum absolute atomic E-state index is 0.229. The van der Waals surface area contributed by atoms with E-state index in [0.717, 1.165) is 23.1 Å². The van der Waals surface area contributed by atoms with Gasteiger partial charge in [-0.25, -0.2) is 9.37 Å². The van der Waals surface area contributed by atoms with Crippen LogP contribution < -0.4 is 0 Å². The quantitative estimate of drug-likeness (QED) is 0.314. The van der Waals surface area contributed by atoms with E-state index in [0.29, 0.717) is 10.7 Å². The van der Waals surface area contributed by atoms with Gasteiger partial charge in [0.05, 0.1) is 0 Å². The summed E-state index contributed by atoms with van der Waals surface area (Å²) in [6, 6.07) is 17.1. The summed E-state index contributed by atoms with van der Waals surface area (Å²) in [5.74, 6) is -0.229. The molecule has 0 aliphatic carbocycles. The first-order valence-electron chi connectivity index (χ1n) is 9.18. The van der Waals surface area contributed by atoms with Crippen LogP contribution in [0, 0.1) is 5.82 Å². The van der Waals surface area contributed by atoms with Crippen LogP contribution in [0.4, 0.5) is 4.39 Å². The number of hydrogen-bond acceptors (Lipinski definition) is 1. The van der Waals surface area contributed by atoms with Crippen LogP contribution in [0.2, 0.25) is 5.15 Å². The number of rotatable bonds is 7. The van der Waals surface area contributed by atoms with E-state index in [4.69, 9.17) is 11.6 Å². The highest BCUT2D eigenvalue weighted by molar-refractivity contribution is 6.29. The van der Waals surface area contributed by atoms with Gasteiger partial charge in [-0.15, -0.1) is 0 Å². The van der Waals surface area contributed by atoms with Crippen molar-refractivity contribution in [2.24, 2.45) is 0 Å². The van der Waals surface area contributed by atoms with Gasteiger partial charge in [-0.05, 0) is 47.7 Å². The molecular formula is C23H23ClFN. The zero-order valence-corrected chi connectivity index (χ0v) is 15.8. The number of benzene rings is 2. The van der Waals surface area contributed by atoms with Crippen LogP contribution >= 0.6 is 11.6 Å². The number of halogens is 2. The van der Waals surface area contributed by atoms with E-state index in [1.807, 2.05) is 30.3 Å². The van der Waals surface area contributed by atoms with Crippen molar-refractivity contribution in [3.63, 3.8) is 0 Å². The summed E-state index contributed by atoms with van der Waals surface area (Å²) >= 11 is 5.81. The molecule has 26 heavy (non-hydrogen) atoms. The molecule has 0 unspecified atom stereocenters. The van der Waals surface area contributed by atoms with Crippen molar-refractivity contribution in [3.05, 3.63) is 77.3 Å². The van der Waals surface area contributed by atoms with E-state index < -0.39 is 0 Å². The van der Waals surface area contributed by atoms with E-state index in [2.05, 4.69) is 24.0 Å². The highest BCUT2D eigenvalue weighted by Gasteiger charge is 2.08. The Kier molecular flexibility index (Phi) is 6.40. The number of aryl methyl sites for hydroxylation is 1. The van der Waals surface area contributed by atoms with Gasteiger partial charge >= 0.3 is 0 Å². The minimum atomic E-state index is -0.229. The van der Waals surface area contributed by atoms with Crippen LogP contribution in [0.25, 0.3) is 22.3 Å². The third kappa shape index (κ3) is 4.70. The first kappa shape index (κ1) is 18.6. The van der Waals surface area contributed by atoms with Gasteiger partial charge in [0, 0.05) is 17.3 Å². The second-order valence-corrected chi connectivity index (χ2v) is 6.96. The number of hydrogen-bond donors (Lipinski definition) is 0. The molecule has 0 aliphatic rings. The third-order valence-electron chi connectivity index (χ3n) is 4.61. The molecule has 2 aromatic carbocycles. The summed E-state index contributed by atoms with van der Waals surface area (Å²) < 4.78 is 14.6. The van der Waals surface area contributed by atoms with Crippen LogP contribution in [0.1, 0.15) is 38.2 Å². The molecule has 1 aromatic heterocycles. The van der Waals surface area contributed by atoms with Gasteiger partial charge in [0.25, 0.3) is 0 Å². The largest absolute Gasteiger partial charge is 0.244 e. The summed E-state index contributed by atoms with van der Waals surface area (Å²) in [4.78, 5) is 4.05. The average molecular weight is 368 g/mol. The Labute approximate surface area is 159 Å². The van der Waals surface area contributed by atoms with E-state index in [-0.39, 0.29) is 5.82 Å². The van der Waals surface area contributed by atoms with Crippen molar-refractivity contribution in [3.8, 4) is 22.3 Å². The van der Waals surface area contributed by atoms with E-state index in [1.54, 1.807) is 18.3 Å². The fraction of sp³-hybridized carbons (Fsp3) is 0.261. The number of unbranched alkanes of at least 4 members (excludes halogenated alkanes) is 3. The van der Waals surface area contributed by atoms with Gasteiger partial charge in [0.15, 0.2) is 0 Å². The second kappa shape index (κ2) is 8.95. The lowest BCUT2D eigenvalue weighted by Crippen LogP contribution is -1.89. The third-order valence-corrected chi connectivity index (χ3v) is 4.84. The number of pyridine rings is 1. The standard InChI is InChI=1S/C23H23ClFN/c1-2-3-4-5-6-17-7-9-18(10-8-17)21-13-11-19(15-22(21)25)20-12-14-23(24)26-16-20/h7-16H,2-6H2,1H3. The summed E-state index contributed by atoms with van der Waals surface area (Å²) in [6.07, 6.45) is 7.77. The molecule has 0 radical (unpaired) electrons. The SMILES string of the molecule is CCCCCCc1ccc(-c2ccc(-c3ccc(Cl)nc3)cc2F)cc1. The van der Waals surface area contributed by atoms with E-state index in [9.17, 15) is 4.39 Å². The zero-order chi connectivity index (χ0) is 18.4. The fourth-order valence-corrected chi connectivity index (χ4v) is 3.19. The van der Waals surface area contributed by atoms with Gasteiger partial charge in [-0.1, -0.05) is 74.2 Å². The first-order chi connectivity index (χ1) is 12.7. The number of nitrogens with zero attached hydrogens (tertiary/aromatic N) is 1. The Bertz CT molecular complexity index is 841. The second-order valence-electron chi connectivity index (χ2n) is 6.57. The van der Waals surface area contributed by atoms with Crippen LogP contribution in [-0.2, 0) is 6.42 Å². The molecular weight excluding hydrogens is 345 g/mol. The molecule has 0 aliphatic heterocycles. The maximum Gasteiger partial charge on any atom is 0.131 e. The van der Waals surface area contributed by atoms with Crippen molar-refractivity contribution in [1.29, 1.82) is 0 Å². The topological polar surface area (TPSA) is 12.9 Å². The molecule has 1 heterocycles. The molecule has 0 N–H and O–H groups in total. The van der Waals surface area contributed by atoms with Crippen molar-refractivity contribution < 1.29 is 4.39 Å². The lowest BCUT2D eigenvalue weighted by atomic mass is 9.98. The Morgan fingerprint density at radius 3 is 2.23 bits per heavy atom. The summed E-state index contributed by atoms with van der Waals surface area (Å²) in [7, 11) is 0. The molecule has 3 aromatic rings. The molecule has 0 fully saturated rings. The summed E-state index contributed by atoms with van der Waals surface area (Å²) in [5, 5.41) is 0.431. The average Bonchev–Trinajstić information content (AvgIpc) is 2.66. The molecule has 0 atom stereocenters.